The van der Waals surface area contributed by atoms with Crippen LogP contribution < -0.4 is 5.73 Å². The van der Waals surface area contributed by atoms with Crippen molar-refractivity contribution in [2.24, 2.45) is 0 Å². The van der Waals surface area contributed by atoms with Crippen LogP contribution in [0.5, 0.6) is 0 Å². The lowest BCUT2D eigenvalue weighted by Crippen LogP contribution is -1.81. The number of H-pyrrole nitrogens is 2. The molecule has 1 aromatic carbocycles. The first-order chi connectivity index (χ1) is 8.15. The third kappa shape index (κ3) is 1.49. The number of aryl methyl sites for hydroxylation is 2. The van der Waals surface area contributed by atoms with E-state index < -0.39 is 0 Å². The second-order valence-electron chi connectivity index (χ2n) is 4.41. The van der Waals surface area contributed by atoms with E-state index in [2.05, 4.69) is 41.2 Å². The highest BCUT2D eigenvalue weighted by Crippen LogP contribution is 2.31. The van der Waals surface area contributed by atoms with Crippen LogP contribution in [0.2, 0.25) is 0 Å². The van der Waals surface area contributed by atoms with Gasteiger partial charge in [0.25, 0.3) is 0 Å². The minimum atomic E-state index is 0.513. The highest BCUT2D eigenvalue weighted by Gasteiger charge is 2.10. The fourth-order valence-corrected chi connectivity index (χ4v) is 2.35. The summed E-state index contributed by atoms with van der Waals surface area (Å²) in [5, 5.41) is 8.13. The standard InChI is InChI=1S/C13H14N4/c1-7-3-8(2)13-9(6-15-11(13)4-7)10-5-12(14)17-16-10/h3-6,15H,1-2H3,(H3,14,16,17). The van der Waals surface area contributed by atoms with Gasteiger partial charge in [0, 0.05) is 28.7 Å². The van der Waals surface area contributed by atoms with Crippen LogP contribution in [0.25, 0.3) is 22.2 Å². The van der Waals surface area contributed by atoms with E-state index in [-0.39, 0.29) is 0 Å². The predicted octanol–water partition coefficient (Wildman–Crippen LogP) is 2.76. The fourth-order valence-electron chi connectivity index (χ4n) is 2.35. The zero-order valence-corrected chi connectivity index (χ0v) is 9.83. The molecule has 0 bridgehead atoms. The molecule has 0 radical (unpaired) electrons. The molecule has 0 aliphatic rings. The number of aromatic amines is 2. The van der Waals surface area contributed by atoms with Gasteiger partial charge in [-0.15, -0.1) is 0 Å². The first kappa shape index (κ1) is 9.96. The Morgan fingerprint density at radius 1 is 1.18 bits per heavy atom. The van der Waals surface area contributed by atoms with E-state index in [1.54, 1.807) is 0 Å². The summed E-state index contributed by atoms with van der Waals surface area (Å²) in [6, 6.07) is 6.17. The van der Waals surface area contributed by atoms with Crippen molar-refractivity contribution in [1.82, 2.24) is 15.2 Å². The van der Waals surface area contributed by atoms with Crippen LogP contribution in [0.1, 0.15) is 11.1 Å². The van der Waals surface area contributed by atoms with Gasteiger partial charge in [-0.3, -0.25) is 5.10 Å². The van der Waals surface area contributed by atoms with Gasteiger partial charge in [-0.05, 0) is 31.0 Å². The number of nitrogen functional groups attached to an aromatic ring is 1. The maximum atomic E-state index is 5.64. The maximum absolute atomic E-state index is 5.64. The van der Waals surface area contributed by atoms with Gasteiger partial charge in [0.05, 0.1) is 5.69 Å². The molecule has 4 nitrogen and oxygen atoms in total. The van der Waals surface area contributed by atoms with Gasteiger partial charge in [0.2, 0.25) is 0 Å². The number of nitrogens with one attached hydrogen (secondary N) is 2. The molecule has 2 heterocycles. The van der Waals surface area contributed by atoms with Crippen LogP contribution in [0.3, 0.4) is 0 Å². The normalized spacial score (nSPS) is 11.2. The Morgan fingerprint density at radius 3 is 2.71 bits per heavy atom. The monoisotopic (exact) mass is 226 g/mol. The molecule has 0 aliphatic heterocycles. The molecule has 0 spiro atoms. The first-order valence-electron chi connectivity index (χ1n) is 5.55. The van der Waals surface area contributed by atoms with Crippen LogP contribution in [-0.2, 0) is 0 Å². The topological polar surface area (TPSA) is 70.5 Å². The van der Waals surface area contributed by atoms with Crippen LogP contribution >= 0.6 is 0 Å². The highest BCUT2D eigenvalue weighted by atomic mass is 15.2. The maximum Gasteiger partial charge on any atom is 0.145 e. The third-order valence-corrected chi connectivity index (χ3v) is 3.01. The van der Waals surface area contributed by atoms with Gasteiger partial charge in [0.1, 0.15) is 5.82 Å². The number of nitrogens with zero attached hydrogens (tertiary/aromatic N) is 1. The molecule has 0 unspecified atom stereocenters. The van der Waals surface area contributed by atoms with E-state index in [1.165, 1.54) is 16.5 Å². The average Bonchev–Trinajstić information content (AvgIpc) is 2.83. The minimum Gasteiger partial charge on any atom is -0.382 e. The van der Waals surface area contributed by atoms with Crippen molar-refractivity contribution in [2.45, 2.75) is 13.8 Å². The van der Waals surface area contributed by atoms with Gasteiger partial charge < -0.3 is 10.7 Å². The van der Waals surface area contributed by atoms with Crippen LogP contribution in [0.4, 0.5) is 5.82 Å². The quantitative estimate of drug-likeness (QED) is 0.597. The number of anilines is 1. The van der Waals surface area contributed by atoms with E-state index in [0.29, 0.717) is 5.82 Å². The van der Waals surface area contributed by atoms with E-state index in [9.17, 15) is 0 Å². The lowest BCUT2D eigenvalue weighted by molar-refractivity contribution is 1.10. The van der Waals surface area contributed by atoms with E-state index in [4.69, 9.17) is 5.73 Å². The molecule has 3 rings (SSSR count). The van der Waals surface area contributed by atoms with Crippen molar-refractivity contribution in [3.63, 3.8) is 0 Å². The molecule has 17 heavy (non-hydrogen) atoms. The zero-order chi connectivity index (χ0) is 12.0. The number of hydrogen-bond donors (Lipinski definition) is 3. The molecule has 4 N–H and O–H groups in total. The molecular weight excluding hydrogens is 212 g/mol. The van der Waals surface area contributed by atoms with Crippen molar-refractivity contribution in [3.05, 3.63) is 35.5 Å². The zero-order valence-electron chi connectivity index (χ0n) is 9.83. The van der Waals surface area contributed by atoms with Gasteiger partial charge in [-0.25, -0.2) is 0 Å². The molecule has 0 amide bonds. The second kappa shape index (κ2) is 3.38. The Kier molecular flexibility index (Phi) is 1.98. The second-order valence-corrected chi connectivity index (χ2v) is 4.41. The van der Waals surface area contributed by atoms with Crippen molar-refractivity contribution >= 4 is 16.7 Å². The smallest absolute Gasteiger partial charge is 0.145 e. The Bertz CT molecular complexity index is 691. The van der Waals surface area contributed by atoms with Gasteiger partial charge in [-0.1, -0.05) is 6.07 Å². The van der Waals surface area contributed by atoms with E-state index in [0.717, 1.165) is 16.8 Å². The summed E-state index contributed by atoms with van der Waals surface area (Å²) < 4.78 is 0. The van der Waals surface area contributed by atoms with Crippen LogP contribution in [0, 0.1) is 13.8 Å². The summed E-state index contributed by atoms with van der Waals surface area (Å²) in [7, 11) is 0. The molecule has 0 saturated carbocycles. The summed E-state index contributed by atoms with van der Waals surface area (Å²) in [4.78, 5) is 3.29. The Labute approximate surface area is 98.8 Å². The Hall–Kier alpha value is -2.23. The Morgan fingerprint density at radius 2 is 2.00 bits per heavy atom. The fraction of sp³-hybridized carbons (Fsp3) is 0.154. The SMILES string of the molecule is Cc1cc(C)c2c(-c3cc(N)n[nH]3)c[nH]c2c1. The van der Waals surface area contributed by atoms with E-state index in [1.807, 2.05) is 12.3 Å². The highest BCUT2D eigenvalue weighted by molar-refractivity contribution is 5.97. The number of fused-ring (bicyclic) bond motifs is 1. The van der Waals surface area contributed by atoms with Crippen molar-refractivity contribution < 1.29 is 0 Å². The molecule has 0 atom stereocenters. The molecule has 4 heteroatoms. The molecule has 0 fully saturated rings. The van der Waals surface area contributed by atoms with Crippen LogP contribution in [-0.4, -0.2) is 15.2 Å². The van der Waals surface area contributed by atoms with Crippen LogP contribution in [0.15, 0.2) is 24.4 Å². The summed E-state index contributed by atoms with van der Waals surface area (Å²) >= 11 is 0. The molecule has 2 aromatic heterocycles. The number of benzene rings is 1. The predicted molar refractivity (Wildman–Crippen MR) is 69.8 cm³/mol. The number of aromatic nitrogens is 3. The van der Waals surface area contributed by atoms with Crippen molar-refractivity contribution in [3.8, 4) is 11.3 Å². The summed E-state index contributed by atoms with van der Waals surface area (Å²) in [6.45, 7) is 4.22. The van der Waals surface area contributed by atoms with Gasteiger partial charge in [0.15, 0.2) is 0 Å². The lowest BCUT2D eigenvalue weighted by atomic mass is 10.0. The minimum absolute atomic E-state index is 0.513. The number of hydrogen-bond acceptors (Lipinski definition) is 2. The molecule has 86 valence electrons. The number of nitrogens with two attached hydrogens (primary N) is 1. The summed E-state index contributed by atoms with van der Waals surface area (Å²) in [5.41, 5.74) is 11.4. The van der Waals surface area contributed by atoms with Gasteiger partial charge in [-0.2, -0.15) is 5.10 Å². The summed E-state index contributed by atoms with van der Waals surface area (Å²) in [6.07, 6.45) is 1.99. The molecule has 0 saturated heterocycles. The largest absolute Gasteiger partial charge is 0.382 e. The molecule has 0 aliphatic carbocycles. The van der Waals surface area contributed by atoms with Crippen molar-refractivity contribution in [1.29, 1.82) is 0 Å². The van der Waals surface area contributed by atoms with Gasteiger partial charge >= 0.3 is 0 Å². The number of rotatable bonds is 1. The average molecular weight is 226 g/mol. The lowest BCUT2D eigenvalue weighted by Gasteiger charge is -2.01. The Balaban J connectivity index is 2.31. The molecular formula is C13H14N4. The van der Waals surface area contributed by atoms with Crippen molar-refractivity contribution in [2.75, 3.05) is 5.73 Å². The molecule has 3 aromatic rings. The first-order valence-corrected chi connectivity index (χ1v) is 5.55. The third-order valence-electron chi connectivity index (χ3n) is 3.01. The van der Waals surface area contributed by atoms with E-state index >= 15 is 0 Å². The summed E-state index contributed by atoms with van der Waals surface area (Å²) in [5.74, 6) is 0.513.